The minimum atomic E-state index is 0.805. The van der Waals surface area contributed by atoms with Gasteiger partial charge in [-0.2, -0.15) is 0 Å². The summed E-state index contributed by atoms with van der Waals surface area (Å²) in [6.45, 7) is 2.14. The summed E-state index contributed by atoms with van der Waals surface area (Å²) in [5.41, 5.74) is 7.66. The van der Waals surface area contributed by atoms with E-state index in [0.29, 0.717) is 0 Å². The molecule has 0 atom stereocenters. The van der Waals surface area contributed by atoms with E-state index >= 15 is 0 Å². The van der Waals surface area contributed by atoms with Crippen LogP contribution in [0.3, 0.4) is 0 Å². The Morgan fingerprint density at radius 2 is 2.17 bits per heavy atom. The van der Waals surface area contributed by atoms with Crippen molar-refractivity contribution in [3.05, 3.63) is 23.8 Å². The van der Waals surface area contributed by atoms with E-state index in [1.54, 1.807) is 7.11 Å². The SMILES string of the molecule is CCCc1cc(N)ccc1OC. The van der Waals surface area contributed by atoms with Crippen LogP contribution >= 0.6 is 0 Å². The topological polar surface area (TPSA) is 35.2 Å². The number of nitrogen functional groups attached to an aromatic ring is 1. The molecule has 0 aliphatic heterocycles. The van der Waals surface area contributed by atoms with Crippen LogP contribution in [0.25, 0.3) is 0 Å². The van der Waals surface area contributed by atoms with Gasteiger partial charge >= 0.3 is 0 Å². The second-order valence-electron chi connectivity index (χ2n) is 2.82. The zero-order valence-electron chi connectivity index (χ0n) is 7.63. The summed E-state index contributed by atoms with van der Waals surface area (Å²) < 4.78 is 5.20. The average Bonchev–Trinajstić information content (AvgIpc) is 2.05. The lowest BCUT2D eigenvalue weighted by atomic mass is 10.1. The molecule has 0 spiro atoms. The standard InChI is InChI=1S/C10H15NO/c1-3-4-8-7-9(11)5-6-10(8)12-2/h5-7H,3-4,11H2,1-2H3. The lowest BCUT2D eigenvalue weighted by Gasteiger charge is -2.07. The average molecular weight is 165 g/mol. The van der Waals surface area contributed by atoms with E-state index in [9.17, 15) is 0 Å². The van der Waals surface area contributed by atoms with Crippen molar-refractivity contribution in [2.75, 3.05) is 12.8 Å². The summed E-state index contributed by atoms with van der Waals surface area (Å²) in [6.07, 6.45) is 2.13. The zero-order valence-corrected chi connectivity index (χ0v) is 7.63. The number of hydrogen-bond donors (Lipinski definition) is 1. The monoisotopic (exact) mass is 165 g/mol. The Morgan fingerprint density at radius 3 is 2.75 bits per heavy atom. The minimum Gasteiger partial charge on any atom is -0.496 e. The van der Waals surface area contributed by atoms with E-state index in [1.165, 1.54) is 5.56 Å². The predicted octanol–water partition coefficient (Wildman–Crippen LogP) is 2.23. The van der Waals surface area contributed by atoms with Crippen LogP contribution in [0.1, 0.15) is 18.9 Å². The second-order valence-corrected chi connectivity index (χ2v) is 2.82. The molecule has 0 radical (unpaired) electrons. The van der Waals surface area contributed by atoms with Crippen molar-refractivity contribution in [3.63, 3.8) is 0 Å². The molecule has 12 heavy (non-hydrogen) atoms. The highest BCUT2D eigenvalue weighted by atomic mass is 16.5. The Hall–Kier alpha value is -1.18. The zero-order chi connectivity index (χ0) is 8.97. The molecule has 0 aliphatic carbocycles. The van der Waals surface area contributed by atoms with Crippen molar-refractivity contribution in [2.45, 2.75) is 19.8 Å². The number of benzene rings is 1. The molecule has 0 aliphatic rings. The van der Waals surface area contributed by atoms with Crippen molar-refractivity contribution in [2.24, 2.45) is 0 Å². The molecule has 2 N–H and O–H groups in total. The molecule has 0 saturated heterocycles. The first-order valence-electron chi connectivity index (χ1n) is 4.20. The predicted molar refractivity (Wildman–Crippen MR) is 51.4 cm³/mol. The molecule has 0 heterocycles. The second kappa shape index (κ2) is 4.00. The van der Waals surface area contributed by atoms with E-state index in [1.807, 2.05) is 18.2 Å². The van der Waals surface area contributed by atoms with Crippen LogP contribution < -0.4 is 10.5 Å². The molecular weight excluding hydrogens is 150 g/mol. The van der Waals surface area contributed by atoms with E-state index < -0.39 is 0 Å². The van der Waals surface area contributed by atoms with Gasteiger partial charge < -0.3 is 10.5 Å². The van der Waals surface area contributed by atoms with Gasteiger partial charge in [-0.05, 0) is 30.2 Å². The molecule has 2 nitrogen and oxygen atoms in total. The third-order valence-corrected chi connectivity index (χ3v) is 1.82. The molecular formula is C10H15NO. The largest absolute Gasteiger partial charge is 0.496 e. The van der Waals surface area contributed by atoms with Crippen molar-refractivity contribution in [1.82, 2.24) is 0 Å². The Balaban J connectivity index is 2.95. The fourth-order valence-corrected chi connectivity index (χ4v) is 1.26. The van der Waals surface area contributed by atoms with Crippen LogP contribution in [-0.4, -0.2) is 7.11 Å². The van der Waals surface area contributed by atoms with Crippen molar-refractivity contribution < 1.29 is 4.74 Å². The highest BCUT2D eigenvalue weighted by Crippen LogP contribution is 2.21. The summed E-state index contributed by atoms with van der Waals surface area (Å²) in [5, 5.41) is 0. The third kappa shape index (κ3) is 1.91. The van der Waals surface area contributed by atoms with Crippen LogP contribution in [0.2, 0.25) is 0 Å². The number of rotatable bonds is 3. The van der Waals surface area contributed by atoms with Gasteiger partial charge in [-0.15, -0.1) is 0 Å². The van der Waals surface area contributed by atoms with Crippen LogP contribution in [-0.2, 0) is 6.42 Å². The van der Waals surface area contributed by atoms with E-state index in [2.05, 4.69) is 6.92 Å². The summed E-state index contributed by atoms with van der Waals surface area (Å²) in [4.78, 5) is 0. The van der Waals surface area contributed by atoms with Crippen molar-refractivity contribution in [3.8, 4) is 5.75 Å². The molecule has 66 valence electrons. The van der Waals surface area contributed by atoms with Crippen LogP contribution in [0.5, 0.6) is 5.75 Å². The quantitative estimate of drug-likeness (QED) is 0.697. The van der Waals surface area contributed by atoms with Crippen molar-refractivity contribution in [1.29, 1.82) is 0 Å². The third-order valence-electron chi connectivity index (χ3n) is 1.82. The molecule has 1 rings (SSSR count). The van der Waals surface area contributed by atoms with Crippen LogP contribution in [0.4, 0.5) is 5.69 Å². The summed E-state index contributed by atoms with van der Waals surface area (Å²) >= 11 is 0. The first-order chi connectivity index (χ1) is 5.77. The maximum absolute atomic E-state index is 5.66. The number of anilines is 1. The van der Waals surface area contributed by atoms with Gasteiger partial charge in [0, 0.05) is 5.69 Å². The maximum Gasteiger partial charge on any atom is 0.122 e. The lowest BCUT2D eigenvalue weighted by molar-refractivity contribution is 0.409. The smallest absolute Gasteiger partial charge is 0.122 e. The van der Waals surface area contributed by atoms with E-state index in [-0.39, 0.29) is 0 Å². The fourth-order valence-electron chi connectivity index (χ4n) is 1.26. The molecule has 0 fully saturated rings. The van der Waals surface area contributed by atoms with Gasteiger partial charge in [0.1, 0.15) is 5.75 Å². The maximum atomic E-state index is 5.66. The Morgan fingerprint density at radius 1 is 1.42 bits per heavy atom. The Bertz CT molecular complexity index is 258. The number of aryl methyl sites for hydroxylation is 1. The summed E-state index contributed by atoms with van der Waals surface area (Å²) in [5.74, 6) is 0.936. The number of ether oxygens (including phenoxy) is 1. The highest BCUT2D eigenvalue weighted by Gasteiger charge is 2.00. The van der Waals surface area contributed by atoms with Crippen LogP contribution in [0, 0.1) is 0 Å². The van der Waals surface area contributed by atoms with Gasteiger partial charge in [-0.3, -0.25) is 0 Å². The van der Waals surface area contributed by atoms with Crippen LogP contribution in [0.15, 0.2) is 18.2 Å². The molecule has 0 bridgehead atoms. The first kappa shape index (κ1) is 8.91. The Kier molecular flexibility index (Phi) is 2.97. The molecule has 1 aromatic rings. The fraction of sp³-hybridized carbons (Fsp3) is 0.400. The van der Waals surface area contributed by atoms with Gasteiger partial charge in [-0.25, -0.2) is 0 Å². The number of methoxy groups -OCH3 is 1. The van der Waals surface area contributed by atoms with Gasteiger partial charge in [0.05, 0.1) is 7.11 Å². The van der Waals surface area contributed by atoms with Gasteiger partial charge in [-0.1, -0.05) is 13.3 Å². The summed E-state index contributed by atoms with van der Waals surface area (Å²) in [6, 6.07) is 5.75. The number of hydrogen-bond acceptors (Lipinski definition) is 2. The van der Waals surface area contributed by atoms with Gasteiger partial charge in [0.15, 0.2) is 0 Å². The number of nitrogens with two attached hydrogens (primary N) is 1. The Labute approximate surface area is 73.3 Å². The van der Waals surface area contributed by atoms with Crippen molar-refractivity contribution >= 4 is 5.69 Å². The molecule has 0 amide bonds. The summed E-state index contributed by atoms with van der Waals surface area (Å²) in [7, 11) is 1.69. The van der Waals surface area contributed by atoms with E-state index in [0.717, 1.165) is 24.3 Å². The normalized spacial score (nSPS) is 9.83. The molecule has 0 unspecified atom stereocenters. The van der Waals surface area contributed by atoms with Gasteiger partial charge in [0.2, 0.25) is 0 Å². The molecule has 0 saturated carbocycles. The molecule has 0 aromatic heterocycles. The van der Waals surface area contributed by atoms with Gasteiger partial charge in [0.25, 0.3) is 0 Å². The molecule has 2 heteroatoms. The van der Waals surface area contributed by atoms with E-state index in [4.69, 9.17) is 10.5 Å². The highest BCUT2D eigenvalue weighted by molar-refractivity contribution is 5.47. The molecule has 1 aromatic carbocycles. The lowest BCUT2D eigenvalue weighted by Crippen LogP contribution is -1.94. The minimum absolute atomic E-state index is 0.805. The first-order valence-corrected chi connectivity index (χ1v) is 4.20.